The first-order valence-corrected chi connectivity index (χ1v) is 8.61. The van der Waals surface area contributed by atoms with Gasteiger partial charge in [0.15, 0.2) is 5.69 Å². The Morgan fingerprint density at radius 2 is 2.17 bits per heavy atom. The molecule has 130 valence electrons. The summed E-state index contributed by atoms with van der Waals surface area (Å²) in [5.74, 6) is -0.113. The van der Waals surface area contributed by atoms with Crippen molar-refractivity contribution in [1.29, 1.82) is 0 Å². The quantitative estimate of drug-likeness (QED) is 0.844. The lowest BCUT2D eigenvalue weighted by Gasteiger charge is -2.37. The van der Waals surface area contributed by atoms with Gasteiger partial charge in [0.25, 0.3) is 5.91 Å². The first-order chi connectivity index (χ1) is 11.5. The lowest BCUT2D eigenvalue weighted by atomic mass is 9.90. The second-order valence-corrected chi connectivity index (χ2v) is 6.72. The van der Waals surface area contributed by atoms with Crippen LogP contribution in [0.2, 0.25) is 0 Å². The first kappa shape index (κ1) is 16.7. The Morgan fingerprint density at radius 1 is 1.42 bits per heavy atom. The van der Waals surface area contributed by atoms with E-state index in [0.717, 1.165) is 12.8 Å². The van der Waals surface area contributed by atoms with Gasteiger partial charge in [-0.3, -0.25) is 4.79 Å². The van der Waals surface area contributed by atoms with Gasteiger partial charge in [-0.2, -0.15) is 5.10 Å². The van der Waals surface area contributed by atoms with Crippen LogP contribution in [0.1, 0.15) is 50.0 Å². The van der Waals surface area contributed by atoms with E-state index in [2.05, 4.69) is 24.0 Å². The molecule has 3 heterocycles. The zero-order valence-corrected chi connectivity index (χ0v) is 14.3. The van der Waals surface area contributed by atoms with Gasteiger partial charge in [-0.05, 0) is 25.5 Å². The van der Waals surface area contributed by atoms with Crippen LogP contribution in [0.5, 0.6) is 0 Å². The number of carbonyl (C=O) groups is 2. The molecule has 1 aromatic rings. The van der Waals surface area contributed by atoms with Crippen LogP contribution >= 0.6 is 0 Å². The lowest BCUT2D eigenvalue weighted by molar-refractivity contribution is 0.00286. The van der Waals surface area contributed by atoms with E-state index in [1.807, 2.05) is 4.90 Å². The summed E-state index contributed by atoms with van der Waals surface area (Å²) < 4.78 is 5.72. The zero-order chi connectivity index (χ0) is 17.2. The predicted octanol–water partition coefficient (Wildman–Crippen LogP) is 2.09. The molecule has 3 rings (SSSR count). The average Bonchev–Trinajstić information content (AvgIpc) is 2.92. The van der Waals surface area contributed by atoms with Crippen molar-refractivity contribution < 1.29 is 14.3 Å². The molecule has 0 aliphatic carbocycles. The lowest BCUT2D eigenvalue weighted by Crippen LogP contribution is -2.49. The number of ether oxygens (including phenoxy) is 1. The van der Waals surface area contributed by atoms with E-state index in [4.69, 9.17) is 4.74 Å². The van der Waals surface area contributed by atoms with Gasteiger partial charge in [0.2, 0.25) is 0 Å². The first-order valence-electron chi connectivity index (χ1n) is 8.61. The summed E-state index contributed by atoms with van der Waals surface area (Å²) in [6.45, 7) is 5.94. The van der Waals surface area contributed by atoms with Gasteiger partial charge in [-0.1, -0.05) is 13.3 Å². The monoisotopic (exact) mass is 332 g/mol. The second-order valence-electron chi connectivity index (χ2n) is 6.72. The molecule has 2 fully saturated rings. The Labute approximate surface area is 142 Å². The molecule has 0 bridgehead atoms. The molecule has 1 spiro atoms. The molecule has 2 aliphatic heterocycles. The van der Waals surface area contributed by atoms with Gasteiger partial charge in [-0.25, -0.2) is 4.79 Å². The van der Waals surface area contributed by atoms with E-state index in [1.165, 1.54) is 0 Å². The largest absolute Gasteiger partial charge is 0.441 e. The summed E-state index contributed by atoms with van der Waals surface area (Å²) in [6, 6.07) is 3.57. The van der Waals surface area contributed by atoms with Crippen molar-refractivity contribution in [3.05, 3.63) is 24.0 Å². The fourth-order valence-corrected chi connectivity index (χ4v) is 3.52. The average molecular weight is 332 g/mol. The topological polar surface area (TPSA) is 75.6 Å². The number of carbonyl (C=O) groups excluding carboxylic acids is 2. The molecular weight excluding hydrogens is 308 g/mol. The van der Waals surface area contributed by atoms with Crippen LogP contribution in [0.15, 0.2) is 18.3 Å². The Hall–Kier alpha value is -2.18. The van der Waals surface area contributed by atoms with Crippen molar-refractivity contribution in [2.75, 3.05) is 19.6 Å². The molecule has 0 aromatic carbocycles. The van der Waals surface area contributed by atoms with Crippen LogP contribution in [0.25, 0.3) is 0 Å². The number of piperidine rings is 1. The molecule has 0 radical (unpaired) electrons. The van der Waals surface area contributed by atoms with Crippen LogP contribution in [0, 0.1) is 0 Å². The zero-order valence-electron chi connectivity index (χ0n) is 14.3. The van der Waals surface area contributed by atoms with Crippen LogP contribution in [0.3, 0.4) is 0 Å². The Balaban J connectivity index is 1.61. The van der Waals surface area contributed by atoms with Crippen LogP contribution < -0.4 is 0 Å². The van der Waals surface area contributed by atoms with Gasteiger partial charge in [0, 0.05) is 38.2 Å². The number of hydrogen-bond acceptors (Lipinski definition) is 5. The van der Waals surface area contributed by atoms with Crippen molar-refractivity contribution in [2.45, 2.75) is 51.2 Å². The van der Waals surface area contributed by atoms with Gasteiger partial charge in [0.05, 0.1) is 6.54 Å². The van der Waals surface area contributed by atoms with E-state index in [1.54, 1.807) is 23.2 Å². The third kappa shape index (κ3) is 3.20. The second kappa shape index (κ2) is 6.75. The molecule has 7 nitrogen and oxygen atoms in total. The van der Waals surface area contributed by atoms with E-state index >= 15 is 0 Å². The minimum atomic E-state index is -0.446. The number of hydrogen-bond donors (Lipinski definition) is 0. The maximum absolute atomic E-state index is 12.4. The molecule has 0 saturated carbocycles. The molecule has 24 heavy (non-hydrogen) atoms. The third-order valence-electron chi connectivity index (χ3n) is 4.99. The minimum absolute atomic E-state index is 0.113. The Morgan fingerprint density at radius 3 is 2.79 bits per heavy atom. The number of nitrogens with zero attached hydrogens (tertiary/aromatic N) is 4. The molecule has 2 amide bonds. The van der Waals surface area contributed by atoms with Crippen molar-refractivity contribution in [1.82, 2.24) is 20.0 Å². The SMILES string of the molecule is CCC[C@H](C)N1CC2(CCN(C(=O)c3cccnn3)CC2)OC1=O. The predicted molar refractivity (Wildman–Crippen MR) is 87.5 cm³/mol. The molecule has 7 heteroatoms. The Kier molecular flexibility index (Phi) is 4.69. The standard InChI is InChI=1S/C17H24N4O3/c1-3-5-13(2)21-12-17(24-16(21)23)7-10-20(11-8-17)15(22)14-6-4-9-18-19-14/h4,6,9,13H,3,5,7-8,10-12H2,1-2H3/t13-/m0/s1. The smallest absolute Gasteiger partial charge is 0.410 e. The number of amides is 2. The molecule has 0 N–H and O–H groups in total. The van der Waals surface area contributed by atoms with E-state index in [9.17, 15) is 9.59 Å². The highest BCUT2D eigenvalue weighted by Gasteiger charge is 2.48. The number of rotatable bonds is 4. The van der Waals surface area contributed by atoms with Gasteiger partial charge in [0.1, 0.15) is 5.60 Å². The van der Waals surface area contributed by atoms with Gasteiger partial charge in [-0.15, -0.1) is 5.10 Å². The fourth-order valence-electron chi connectivity index (χ4n) is 3.52. The van der Waals surface area contributed by atoms with Crippen molar-refractivity contribution in [2.24, 2.45) is 0 Å². The third-order valence-corrected chi connectivity index (χ3v) is 4.99. The van der Waals surface area contributed by atoms with Crippen molar-refractivity contribution in [3.8, 4) is 0 Å². The van der Waals surface area contributed by atoms with Gasteiger partial charge < -0.3 is 14.5 Å². The molecule has 0 unspecified atom stereocenters. The summed E-state index contributed by atoms with van der Waals surface area (Å²) >= 11 is 0. The number of likely N-dealkylation sites (tertiary alicyclic amines) is 1. The molecular formula is C17H24N4O3. The molecule has 1 aromatic heterocycles. The fraction of sp³-hybridized carbons (Fsp3) is 0.647. The van der Waals surface area contributed by atoms with Gasteiger partial charge >= 0.3 is 6.09 Å². The van der Waals surface area contributed by atoms with Crippen LogP contribution in [0.4, 0.5) is 4.79 Å². The highest BCUT2D eigenvalue weighted by molar-refractivity contribution is 5.92. The summed E-state index contributed by atoms with van der Waals surface area (Å²) in [5, 5.41) is 7.63. The Bertz CT molecular complexity index is 599. The van der Waals surface area contributed by atoms with Crippen molar-refractivity contribution >= 4 is 12.0 Å². The van der Waals surface area contributed by atoms with Crippen LogP contribution in [-0.2, 0) is 4.74 Å². The summed E-state index contributed by atoms with van der Waals surface area (Å²) in [6.07, 6.45) is 4.68. The van der Waals surface area contributed by atoms with E-state index in [-0.39, 0.29) is 18.0 Å². The summed E-state index contributed by atoms with van der Waals surface area (Å²) in [4.78, 5) is 28.2. The maximum atomic E-state index is 12.4. The molecule has 1 atom stereocenters. The van der Waals surface area contributed by atoms with E-state index in [0.29, 0.717) is 38.2 Å². The number of aromatic nitrogens is 2. The maximum Gasteiger partial charge on any atom is 0.410 e. The minimum Gasteiger partial charge on any atom is -0.441 e. The molecule has 2 saturated heterocycles. The molecule has 2 aliphatic rings. The summed E-state index contributed by atoms with van der Waals surface area (Å²) in [5.41, 5.74) is -0.0897. The highest BCUT2D eigenvalue weighted by atomic mass is 16.6. The van der Waals surface area contributed by atoms with E-state index < -0.39 is 5.60 Å². The highest BCUT2D eigenvalue weighted by Crippen LogP contribution is 2.35. The van der Waals surface area contributed by atoms with Crippen LogP contribution in [-0.4, -0.2) is 63.3 Å². The van der Waals surface area contributed by atoms with Crippen molar-refractivity contribution in [3.63, 3.8) is 0 Å². The summed E-state index contributed by atoms with van der Waals surface area (Å²) in [7, 11) is 0. The normalized spacial score (nSPS) is 21.0.